The van der Waals surface area contributed by atoms with E-state index >= 15 is 0 Å². The van der Waals surface area contributed by atoms with Crippen LogP contribution in [-0.4, -0.2) is 12.3 Å². The van der Waals surface area contributed by atoms with E-state index in [9.17, 15) is 4.39 Å². The van der Waals surface area contributed by atoms with Crippen LogP contribution in [0.2, 0.25) is 0 Å². The Morgan fingerprint density at radius 3 is 2.75 bits per heavy atom. The van der Waals surface area contributed by atoms with E-state index in [4.69, 9.17) is 0 Å². The average molecular weight is 185 g/mol. The summed E-state index contributed by atoms with van der Waals surface area (Å²) in [6.45, 7) is 1.38. The molecule has 12 heavy (non-hydrogen) atoms. The van der Waals surface area contributed by atoms with E-state index in [2.05, 4.69) is 17.9 Å². The predicted molar refractivity (Wildman–Crippen MR) is 52.0 cm³/mol. The van der Waals surface area contributed by atoms with Crippen molar-refractivity contribution in [1.82, 2.24) is 5.32 Å². The molecule has 1 rings (SSSR count). The molecule has 0 aliphatic rings. The van der Waals surface area contributed by atoms with E-state index in [0.717, 1.165) is 12.3 Å². The molecule has 0 fully saturated rings. The van der Waals surface area contributed by atoms with Crippen LogP contribution in [0, 0.1) is 5.82 Å². The quantitative estimate of drug-likeness (QED) is 0.539. The summed E-state index contributed by atoms with van der Waals surface area (Å²) in [6, 6.07) is 6.77. The fourth-order valence-corrected chi connectivity index (χ4v) is 1.10. The van der Waals surface area contributed by atoms with Crippen LogP contribution in [0.5, 0.6) is 0 Å². The molecular weight excluding hydrogens is 173 g/mol. The first-order valence-corrected chi connectivity index (χ1v) is 4.53. The molecule has 0 radical (unpaired) electrons. The van der Waals surface area contributed by atoms with Gasteiger partial charge in [0.05, 0.1) is 0 Å². The van der Waals surface area contributed by atoms with Gasteiger partial charge in [-0.2, -0.15) is 12.6 Å². The minimum absolute atomic E-state index is 0.149. The number of benzene rings is 1. The SMILES string of the molecule is Fc1ccccc1CNCCS. The first-order valence-electron chi connectivity index (χ1n) is 3.89. The third kappa shape index (κ3) is 2.83. The summed E-state index contributed by atoms with van der Waals surface area (Å²) in [5.74, 6) is 0.623. The molecule has 0 aliphatic heterocycles. The maximum Gasteiger partial charge on any atom is 0.127 e. The normalized spacial score (nSPS) is 10.2. The Bertz CT molecular complexity index is 240. The van der Waals surface area contributed by atoms with Gasteiger partial charge < -0.3 is 5.32 Å². The van der Waals surface area contributed by atoms with Crippen molar-refractivity contribution in [2.45, 2.75) is 6.54 Å². The standard InChI is InChI=1S/C9H12FNS/c10-9-4-2-1-3-8(9)7-11-5-6-12/h1-4,11-12H,5-7H2. The van der Waals surface area contributed by atoms with E-state index in [0.29, 0.717) is 12.1 Å². The molecule has 1 aromatic rings. The molecule has 0 bridgehead atoms. The van der Waals surface area contributed by atoms with Crippen LogP contribution in [-0.2, 0) is 6.54 Å². The Morgan fingerprint density at radius 1 is 1.33 bits per heavy atom. The number of halogens is 1. The third-order valence-corrected chi connectivity index (χ3v) is 1.79. The van der Waals surface area contributed by atoms with Crippen molar-refractivity contribution in [3.8, 4) is 0 Å². The zero-order valence-corrected chi connectivity index (χ0v) is 7.65. The monoisotopic (exact) mass is 185 g/mol. The minimum atomic E-state index is -0.149. The highest BCUT2D eigenvalue weighted by Gasteiger charge is 1.97. The molecular formula is C9H12FNS. The fourth-order valence-electron chi connectivity index (χ4n) is 0.944. The predicted octanol–water partition coefficient (Wildman–Crippen LogP) is 1.85. The highest BCUT2D eigenvalue weighted by Crippen LogP contribution is 2.04. The Kier molecular flexibility index (Phi) is 4.11. The van der Waals surface area contributed by atoms with Crippen molar-refractivity contribution < 1.29 is 4.39 Å². The van der Waals surface area contributed by atoms with Crippen molar-refractivity contribution in [3.63, 3.8) is 0 Å². The highest BCUT2D eigenvalue weighted by atomic mass is 32.1. The van der Waals surface area contributed by atoms with Gasteiger partial charge in [-0.25, -0.2) is 4.39 Å². The molecule has 1 aromatic carbocycles. The lowest BCUT2D eigenvalue weighted by Crippen LogP contribution is -2.16. The molecule has 0 saturated heterocycles. The molecule has 0 saturated carbocycles. The molecule has 1 nitrogen and oxygen atoms in total. The molecule has 1 N–H and O–H groups in total. The van der Waals surface area contributed by atoms with Crippen LogP contribution in [0.25, 0.3) is 0 Å². The van der Waals surface area contributed by atoms with Crippen molar-refractivity contribution in [3.05, 3.63) is 35.6 Å². The van der Waals surface area contributed by atoms with Crippen LogP contribution >= 0.6 is 12.6 Å². The summed E-state index contributed by atoms with van der Waals surface area (Å²) in [5.41, 5.74) is 0.708. The number of rotatable bonds is 4. The van der Waals surface area contributed by atoms with Crippen molar-refractivity contribution >= 4 is 12.6 Å². The van der Waals surface area contributed by atoms with Gasteiger partial charge in [0.15, 0.2) is 0 Å². The second kappa shape index (κ2) is 5.17. The molecule has 0 aliphatic carbocycles. The average Bonchev–Trinajstić information content (AvgIpc) is 2.09. The Labute approximate surface area is 77.4 Å². The second-order valence-corrected chi connectivity index (χ2v) is 2.94. The van der Waals surface area contributed by atoms with Gasteiger partial charge in [0.1, 0.15) is 5.82 Å². The molecule has 0 atom stereocenters. The van der Waals surface area contributed by atoms with E-state index < -0.39 is 0 Å². The molecule has 0 amide bonds. The summed E-state index contributed by atoms with van der Waals surface area (Å²) < 4.78 is 13.0. The molecule has 0 unspecified atom stereocenters. The largest absolute Gasteiger partial charge is 0.312 e. The van der Waals surface area contributed by atoms with Gasteiger partial charge >= 0.3 is 0 Å². The van der Waals surface area contributed by atoms with Crippen molar-refractivity contribution in [2.24, 2.45) is 0 Å². The third-order valence-electron chi connectivity index (χ3n) is 1.56. The number of thiol groups is 1. The number of hydrogen-bond acceptors (Lipinski definition) is 2. The molecule has 0 heterocycles. The number of hydrogen-bond donors (Lipinski definition) is 2. The molecule has 66 valence electrons. The van der Waals surface area contributed by atoms with E-state index in [-0.39, 0.29) is 5.82 Å². The van der Waals surface area contributed by atoms with Crippen LogP contribution in [0.3, 0.4) is 0 Å². The maximum absolute atomic E-state index is 13.0. The lowest BCUT2D eigenvalue weighted by molar-refractivity contribution is 0.594. The zero-order chi connectivity index (χ0) is 8.81. The van der Waals surface area contributed by atoms with Crippen LogP contribution in [0.4, 0.5) is 4.39 Å². The second-order valence-electron chi connectivity index (χ2n) is 2.49. The van der Waals surface area contributed by atoms with Crippen LogP contribution < -0.4 is 5.32 Å². The topological polar surface area (TPSA) is 12.0 Å². The Hall–Kier alpha value is -0.540. The maximum atomic E-state index is 13.0. The summed E-state index contributed by atoms with van der Waals surface area (Å²) in [4.78, 5) is 0. The van der Waals surface area contributed by atoms with Gasteiger partial charge in [0.25, 0.3) is 0 Å². The Balaban J connectivity index is 2.46. The minimum Gasteiger partial charge on any atom is -0.312 e. The van der Waals surface area contributed by atoms with Gasteiger partial charge in [-0.3, -0.25) is 0 Å². The van der Waals surface area contributed by atoms with Gasteiger partial charge in [0, 0.05) is 24.4 Å². The highest BCUT2D eigenvalue weighted by molar-refractivity contribution is 7.80. The Morgan fingerprint density at radius 2 is 2.08 bits per heavy atom. The zero-order valence-electron chi connectivity index (χ0n) is 6.76. The summed E-state index contributed by atoms with van der Waals surface area (Å²) >= 11 is 4.04. The molecule has 0 spiro atoms. The van der Waals surface area contributed by atoms with Crippen LogP contribution in [0.1, 0.15) is 5.56 Å². The van der Waals surface area contributed by atoms with E-state index in [1.807, 2.05) is 6.07 Å². The molecule has 0 aromatic heterocycles. The van der Waals surface area contributed by atoms with Gasteiger partial charge in [-0.15, -0.1) is 0 Å². The van der Waals surface area contributed by atoms with Crippen molar-refractivity contribution in [2.75, 3.05) is 12.3 Å². The van der Waals surface area contributed by atoms with Crippen molar-refractivity contribution in [1.29, 1.82) is 0 Å². The smallest absolute Gasteiger partial charge is 0.127 e. The fraction of sp³-hybridized carbons (Fsp3) is 0.333. The summed E-state index contributed by atoms with van der Waals surface area (Å²) in [6.07, 6.45) is 0. The van der Waals surface area contributed by atoms with E-state index in [1.165, 1.54) is 6.07 Å². The number of nitrogens with one attached hydrogen (secondary N) is 1. The van der Waals surface area contributed by atoms with Gasteiger partial charge in [-0.05, 0) is 6.07 Å². The first kappa shape index (κ1) is 9.55. The molecule has 3 heteroatoms. The van der Waals surface area contributed by atoms with Gasteiger partial charge in [-0.1, -0.05) is 18.2 Å². The van der Waals surface area contributed by atoms with E-state index in [1.54, 1.807) is 12.1 Å². The van der Waals surface area contributed by atoms with Crippen LogP contribution in [0.15, 0.2) is 24.3 Å². The van der Waals surface area contributed by atoms with Gasteiger partial charge in [0.2, 0.25) is 0 Å². The lowest BCUT2D eigenvalue weighted by atomic mass is 10.2. The summed E-state index contributed by atoms with van der Waals surface area (Å²) in [7, 11) is 0. The first-order chi connectivity index (χ1) is 5.84. The summed E-state index contributed by atoms with van der Waals surface area (Å²) in [5, 5.41) is 3.08. The lowest BCUT2D eigenvalue weighted by Gasteiger charge is -2.03.